The van der Waals surface area contributed by atoms with Crippen molar-refractivity contribution in [3.63, 3.8) is 0 Å². The van der Waals surface area contributed by atoms with Crippen molar-refractivity contribution in [2.45, 2.75) is 37.4 Å². The first-order chi connectivity index (χ1) is 7.89. The second kappa shape index (κ2) is 4.19. The van der Waals surface area contributed by atoms with Crippen LogP contribution in [-0.2, 0) is 10.3 Å². The second-order valence-corrected chi connectivity index (χ2v) is 4.95. The lowest BCUT2D eigenvalue weighted by Gasteiger charge is -2.28. The van der Waals surface area contributed by atoms with Crippen LogP contribution in [0.15, 0.2) is 30.3 Å². The van der Waals surface area contributed by atoms with Gasteiger partial charge in [-0.2, -0.15) is 0 Å². The molecule has 1 atom stereocenters. The molecule has 0 spiro atoms. The molecule has 1 aromatic carbocycles. The summed E-state index contributed by atoms with van der Waals surface area (Å²) in [7, 11) is 0. The van der Waals surface area contributed by atoms with Crippen molar-refractivity contribution in [3.05, 3.63) is 35.9 Å². The average molecular weight is 217 g/mol. The Morgan fingerprint density at radius 3 is 2.62 bits per heavy atom. The highest BCUT2D eigenvalue weighted by molar-refractivity contribution is 5.27. The van der Waals surface area contributed by atoms with Gasteiger partial charge in [-0.1, -0.05) is 30.3 Å². The van der Waals surface area contributed by atoms with Gasteiger partial charge in [-0.25, -0.2) is 0 Å². The Balaban J connectivity index is 1.69. The third-order valence-electron chi connectivity index (χ3n) is 3.65. The van der Waals surface area contributed by atoms with Crippen molar-refractivity contribution in [2.75, 3.05) is 13.1 Å². The Morgan fingerprint density at radius 2 is 2.00 bits per heavy atom. The quantitative estimate of drug-likeness (QED) is 0.839. The average Bonchev–Trinajstić information content (AvgIpc) is 3.13. The first-order valence-corrected chi connectivity index (χ1v) is 6.33. The predicted molar refractivity (Wildman–Crippen MR) is 64.3 cm³/mol. The SMILES string of the molecule is c1ccc(C2(OC3CCCNC3)CC2)cc1. The minimum Gasteiger partial charge on any atom is -0.366 e. The molecule has 1 heterocycles. The summed E-state index contributed by atoms with van der Waals surface area (Å²) in [6, 6.07) is 10.7. The van der Waals surface area contributed by atoms with Gasteiger partial charge in [0, 0.05) is 6.54 Å². The molecule has 1 aliphatic heterocycles. The summed E-state index contributed by atoms with van der Waals surface area (Å²) in [6.45, 7) is 2.17. The van der Waals surface area contributed by atoms with Gasteiger partial charge >= 0.3 is 0 Å². The summed E-state index contributed by atoms with van der Waals surface area (Å²) in [6.07, 6.45) is 5.24. The van der Waals surface area contributed by atoms with Crippen LogP contribution in [-0.4, -0.2) is 19.2 Å². The van der Waals surface area contributed by atoms with E-state index in [0.717, 1.165) is 13.1 Å². The fourth-order valence-electron chi connectivity index (χ4n) is 2.57. The van der Waals surface area contributed by atoms with Gasteiger partial charge in [0.25, 0.3) is 0 Å². The van der Waals surface area contributed by atoms with E-state index in [1.165, 1.54) is 31.2 Å². The van der Waals surface area contributed by atoms with Gasteiger partial charge in [-0.05, 0) is 37.8 Å². The van der Waals surface area contributed by atoms with Crippen molar-refractivity contribution < 1.29 is 4.74 Å². The Morgan fingerprint density at radius 1 is 1.19 bits per heavy atom. The van der Waals surface area contributed by atoms with E-state index in [1.807, 2.05) is 0 Å². The number of piperidine rings is 1. The van der Waals surface area contributed by atoms with Gasteiger partial charge in [0.1, 0.15) is 0 Å². The Bertz CT molecular complexity index is 339. The number of ether oxygens (including phenoxy) is 1. The third-order valence-corrected chi connectivity index (χ3v) is 3.65. The zero-order chi connectivity index (χ0) is 10.8. The molecule has 1 N–H and O–H groups in total. The molecule has 0 amide bonds. The van der Waals surface area contributed by atoms with Gasteiger partial charge in [-0.3, -0.25) is 0 Å². The first-order valence-electron chi connectivity index (χ1n) is 6.33. The van der Waals surface area contributed by atoms with Crippen LogP contribution < -0.4 is 5.32 Å². The molecule has 0 bridgehead atoms. The zero-order valence-corrected chi connectivity index (χ0v) is 9.61. The summed E-state index contributed by atoms with van der Waals surface area (Å²) < 4.78 is 6.31. The number of hydrogen-bond donors (Lipinski definition) is 1. The molecule has 2 nitrogen and oxygen atoms in total. The molecule has 1 saturated carbocycles. The largest absolute Gasteiger partial charge is 0.366 e. The van der Waals surface area contributed by atoms with Crippen molar-refractivity contribution in [1.82, 2.24) is 5.32 Å². The van der Waals surface area contributed by atoms with Gasteiger partial charge in [0.05, 0.1) is 11.7 Å². The van der Waals surface area contributed by atoms with Crippen LogP contribution in [0.3, 0.4) is 0 Å². The summed E-state index contributed by atoms with van der Waals surface area (Å²) in [5.74, 6) is 0. The molecule has 1 aromatic rings. The van der Waals surface area contributed by atoms with E-state index in [-0.39, 0.29) is 5.60 Å². The van der Waals surface area contributed by atoms with E-state index in [9.17, 15) is 0 Å². The van der Waals surface area contributed by atoms with Crippen LogP contribution in [0.25, 0.3) is 0 Å². The van der Waals surface area contributed by atoms with Crippen molar-refractivity contribution >= 4 is 0 Å². The van der Waals surface area contributed by atoms with Crippen LogP contribution in [0.2, 0.25) is 0 Å². The summed E-state index contributed by atoms with van der Waals surface area (Å²) in [5, 5.41) is 3.41. The van der Waals surface area contributed by atoms with Crippen molar-refractivity contribution in [2.24, 2.45) is 0 Å². The van der Waals surface area contributed by atoms with Crippen LogP contribution in [0.1, 0.15) is 31.2 Å². The third kappa shape index (κ3) is 2.00. The minimum absolute atomic E-state index is 0.0605. The van der Waals surface area contributed by atoms with Crippen molar-refractivity contribution in [1.29, 1.82) is 0 Å². The van der Waals surface area contributed by atoms with Gasteiger partial charge in [-0.15, -0.1) is 0 Å². The monoisotopic (exact) mass is 217 g/mol. The lowest BCUT2D eigenvalue weighted by Crippen LogP contribution is -2.37. The fraction of sp³-hybridized carbons (Fsp3) is 0.571. The van der Waals surface area contributed by atoms with Crippen LogP contribution in [0.5, 0.6) is 0 Å². The molecule has 16 heavy (non-hydrogen) atoms. The van der Waals surface area contributed by atoms with E-state index in [4.69, 9.17) is 4.74 Å². The lowest BCUT2D eigenvalue weighted by atomic mass is 10.1. The molecular weight excluding hydrogens is 198 g/mol. The van der Waals surface area contributed by atoms with E-state index < -0.39 is 0 Å². The molecule has 2 aliphatic rings. The smallest absolute Gasteiger partial charge is 0.0938 e. The van der Waals surface area contributed by atoms with E-state index in [1.54, 1.807) is 0 Å². The molecule has 1 unspecified atom stereocenters. The number of hydrogen-bond acceptors (Lipinski definition) is 2. The zero-order valence-electron chi connectivity index (χ0n) is 9.61. The Kier molecular flexibility index (Phi) is 2.70. The first kappa shape index (κ1) is 10.3. The Hall–Kier alpha value is -0.860. The highest BCUT2D eigenvalue weighted by Gasteiger charge is 2.47. The molecule has 0 aromatic heterocycles. The standard InChI is InChI=1S/C14H19NO/c1-2-5-12(6-3-1)14(8-9-14)16-13-7-4-10-15-11-13/h1-3,5-6,13,15H,4,7-11H2. The lowest BCUT2D eigenvalue weighted by molar-refractivity contribution is -0.0431. The van der Waals surface area contributed by atoms with Crippen LogP contribution in [0.4, 0.5) is 0 Å². The molecule has 1 saturated heterocycles. The number of nitrogens with one attached hydrogen (secondary N) is 1. The molecule has 2 fully saturated rings. The normalized spacial score (nSPS) is 27.6. The maximum atomic E-state index is 6.31. The minimum atomic E-state index is 0.0605. The van der Waals surface area contributed by atoms with Gasteiger partial charge < -0.3 is 10.1 Å². The maximum Gasteiger partial charge on any atom is 0.0938 e. The molecule has 86 valence electrons. The summed E-state index contributed by atoms with van der Waals surface area (Å²) in [5.41, 5.74) is 1.42. The van der Waals surface area contributed by atoms with E-state index >= 15 is 0 Å². The van der Waals surface area contributed by atoms with E-state index in [0.29, 0.717) is 6.10 Å². The van der Waals surface area contributed by atoms with Gasteiger partial charge in [0.15, 0.2) is 0 Å². The molecular formula is C14H19NO. The highest BCUT2D eigenvalue weighted by atomic mass is 16.5. The topological polar surface area (TPSA) is 21.3 Å². The number of benzene rings is 1. The highest BCUT2D eigenvalue weighted by Crippen LogP contribution is 2.50. The van der Waals surface area contributed by atoms with Crippen LogP contribution >= 0.6 is 0 Å². The predicted octanol–water partition coefficient (Wildman–Crippen LogP) is 2.44. The van der Waals surface area contributed by atoms with Crippen molar-refractivity contribution in [3.8, 4) is 0 Å². The van der Waals surface area contributed by atoms with Gasteiger partial charge in [0.2, 0.25) is 0 Å². The maximum absolute atomic E-state index is 6.31. The Labute approximate surface area is 97.0 Å². The molecule has 3 rings (SSSR count). The van der Waals surface area contributed by atoms with E-state index in [2.05, 4.69) is 35.6 Å². The molecule has 2 heteroatoms. The number of rotatable bonds is 3. The second-order valence-electron chi connectivity index (χ2n) is 4.95. The fourth-order valence-corrected chi connectivity index (χ4v) is 2.57. The molecule has 1 aliphatic carbocycles. The summed E-state index contributed by atoms with van der Waals surface area (Å²) >= 11 is 0. The molecule has 0 radical (unpaired) electrons. The summed E-state index contributed by atoms with van der Waals surface area (Å²) in [4.78, 5) is 0. The van der Waals surface area contributed by atoms with Crippen LogP contribution in [0, 0.1) is 0 Å².